The summed E-state index contributed by atoms with van der Waals surface area (Å²) in [4.78, 5) is 36.0. The molecule has 32 heavy (non-hydrogen) atoms. The number of ether oxygens (including phenoxy) is 1. The summed E-state index contributed by atoms with van der Waals surface area (Å²) >= 11 is 0. The van der Waals surface area contributed by atoms with Crippen LogP contribution < -0.4 is 10.6 Å². The van der Waals surface area contributed by atoms with Crippen LogP contribution in [0.2, 0.25) is 0 Å². The van der Waals surface area contributed by atoms with E-state index >= 15 is 0 Å². The molecule has 168 valence electrons. The van der Waals surface area contributed by atoms with Crippen LogP contribution in [0, 0.1) is 5.41 Å². The van der Waals surface area contributed by atoms with Crippen LogP contribution in [0.15, 0.2) is 48.5 Å². The second-order valence-corrected chi connectivity index (χ2v) is 8.73. The number of fused-ring (bicyclic) bond motifs is 3. The quantitative estimate of drug-likeness (QED) is 0.614. The molecule has 0 aromatic heterocycles. The van der Waals surface area contributed by atoms with E-state index < -0.39 is 17.5 Å². The smallest absolute Gasteiger partial charge is 0.407 e. The van der Waals surface area contributed by atoms with Gasteiger partial charge in [0.25, 0.3) is 0 Å². The maximum atomic E-state index is 12.7. The molecule has 2 aliphatic rings. The van der Waals surface area contributed by atoms with Crippen molar-refractivity contribution < 1.29 is 24.2 Å². The maximum Gasteiger partial charge on any atom is 0.407 e. The minimum absolute atomic E-state index is 0.0255. The summed E-state index contributed by atoms with van der Waals surface area (Å²) in [5, 5.41) is 14.3. The molecule has 0 bridgehead atoms. The molecule has 2 aromatic carbocycles. The summed E-state index contributed by atoms with van der Waals surface area (Å²) < 4.78 is 5.63. The normalized spacial score (nSPS) is 21.5. The van der Waals surface area contributed by atoms with Crippen molar-refractivity contribution in [1.82, 2.24) is 10.6 Å². The molecule has 0 radical (unpaired) electrons. The lowest BCUT2D eigenvalue weighted by atomic mass is 9.83. The van der Waals surface area contributed by atoms with Gasteiger partial charge in [0.15, 0.2) is 0 Å². The number of carbonyl (C=O) groups is 3. The fraction of sp³-hybridized carbons (Fsp3) is 0.400. The molecule has 0 saturated heterocycles. The Morgan fingerprint density at radius 1 is 1.06 bits per heavy atom. The third kappa shape index (κ3) is 4.20. The number of hydrogen-bond acceptors (Lipinski definition) is 4. The molecule has 2 aliphatic carbocycles. The lowest BCUT2D eigenvalue weighted by Gasteiger charge is -2.30. The van der Waals surface area contributed by atoms with Gasteiger partial charge in [0.1, 0.15) is 6.61 Å². The number of amides is 2. The fourth-order valence-electron chi connectivity index (χ4n) is 4.94. The van der Waals surface area contributed by atoms with Crippen molar-refractivity contribution in [2.24, 2.45) is 5.41 Å². The Hall–Kier alpha value is -3.35. The monoisotopic (exact) mass is 436 g/mol. The number of hydrogen-bond donors (Lipinski definition) is 3. The Labute approximate surface area is 187 Å². The van der Waals surface area contributed by atoms with Crippen molar-refractivity contribution in [3.63, 3.8) is 0 Å². The van der Waals surface area contributed by atoms with Gasteiger partial charge in [0.2, 0.25) is 5.91 Å². The predicted molar refractivity (Wildman–Crippen MR) is 119 cm³/mol. The lowest BCUT2D eigenvalue weighted by Crippen LogP contribution is -2.51. The van der Waals surface area contributed by atoms with Gasteiger partial charge in [-0.15, -0.1) is 0 Å². The first-order chi connectivity index (χ1) is 15.4. The Morgan fingerprint density at radius 2 is 1.69 bits per heavy atom. The third-order valence-electron chi connectivity index (χ3n) is 6.74. The van der Waals surface area contributed by atoms with Gasteiger partial charge in [-0.3, -0.25) is 9.59 Å². The molecule has 2 aromatic rings. The van der Waals surface area contributed by atoms with Gasteiger partial charge in [-0.25, -0.2) is 4.79 Å². The number of carbonyl (C=O) groups excluding carboxylic acids is 2. The molecule has 3 N–H and O–H groups in total. The summed E-state index contributed by atoms with van der Waals surface area (Å²) in [5.41, 5.74) is 3.83. The minimum Gasteiger partial charge on any atom is -0.481 e. The molecule has 2 amide bonds. The molecule has 0 aliphatic heterocycles. The first kappa shape index (κ1) is 21.9. The average Bonchev–Trinajstić information content (AvgIpc) is 3.31. The van der Waals surface area contributed by atoms with Gasteiger partial charge in [-0.05, 0) is 42.0 Å². The first-order valence-electron chi connectivity index (χ1n) is 11.0. The fourth-order valence-corrected chi connectivity index (χ4v) is 4.94. The summed E-state index contributed by atoms with van der Waals surface area (Å²) in [7, 11) is 0. The Bertz CT molecular complexity index is 991. The van der Waals surface area contributed by atoms with Crippen molar-refractivity contribution >= 4 is 18.0 Å². The van der Waals surface area contributed by atoms with Crippen LogP contribution in [-0.4, -0.2) is 42.3 Å². The van der Waals surface area contributed by atoms with Crippen LogP contribution in [0.1, 0.15) is 49.7 Å². The Balaban J connectivity index is 1.38. The highest BCUT2D eigenvalue weighted by Crippen LogP contribution is 2.44. The SMILES string of the molecule is CC1(C(=O)NCCC(=O)O)CCCC1NC(=O)OCC1c2ccccc2-c2ccccc21. The highest BCUT2D eigenvalue weighted by Gasteiger charge is 2.46. The highest BCUT2D eigenvalue weighted by atomic mass is 16.5. The van der Waals surface area contributed by atoms with Gasteiger partial charge in [-0.2, -0.15) is 0 Å². The third-order valence-corrected chi connectivity index (χ3v) is 6.74. The molecule has 7 heteroatoms. The lowest BCUT2D eigenvalue weighted by molar-refractivity contribution is -0.137. The molecule has 2 atom stereocenters. The second-order valence-electron chi connectivity index (χ2n) is 8.73. The molecule has 4 rings (SSSR count). The van der Waals surface area contributed by atoms with Gasteiger partial charge >= 0.3 is 12.1 Å². The number of carboxylic acid groups (broad SMARTS) is 1. The van der Waals surface area contributed by atoms with Crippen molar-refractivity contribution in [1.29, 1.82) is 0 Å². The number of alkyl carbamates (subject to hydrolysis) is 1. The number of carboxylic acids is 1. The highest BCUT2D eigenvalue weighted by molar-refractivity contribution is 5.85. The molecule has 2 unspecified atom stereocenters. The first-order valence-corrected chi connectivity index (χ1v) is 11.0. The standard InChI is InChI=1S/C25H28N2O5/c1-25(23(30)26-14-12-22(28)29)13-6-11-21(25)27-24(31)32-15-20-18-9-4-2-7-16(18)17-8-3-5-10-19(17)20/h2-5,7-10,20-21H,6,11-15H2,1H3,(H,26,30)(H,27,31)(H,28,29). The van der Waals surface area contributed by atoms with Gasteiger partial charge in [0, 0.05) is 18.5 Å². The Morgan fingerprint density at radius 3 is 2.31 bits per heavy atom. The van der Waals surface area contributed by atoms with Gasteiger partial charge in [-0.1, -0.05) is 55.0 Å². The zero-order chi connectivity index (χ0) is 22.7. The van der Waals surface area contributed by atoms with Crippen molar-refractivity contribution in [3.8, 4) is 11.1 Å². The van der Waals surface area contributed by atoms with E-state index in [1.165, 1.54) is 11.1 Å². The number of aliphatic carboxylic acids is 1. The topological polar surface area (TPSA) is 105 Å². The number of nitrogens with one attached hydrogen (secondary N) is 2. The largest absolute Gasteiger partial charge is 0.481 e. The van der Waals surface area contributed by atoms with Crippen LogP contribution in [0.4, 0.5) is 4.79 Å². The van der Waals surface area contributed by atoms with Crippen LogP contribution in [-0.2, 0) is 14.3 Å². The predicted octanol–water partition coefficient (Wildman–Crippen LogP) is 3.67. The molecule has 1 fully saturated rings. The van der Waals surface area contributed by atoms with Crippen molar-refractivity contribution in [2.75, 3.05) is 13.2 Å². The summed E-state index contributed by atoms with van der Waals surface area (Å²) in [6.07, 6.45) is 1.43. The zero-order valence-corrected chi connectivity index (χ0v) is 18.1. The van der Waals surface area contributed by atoms with Gasteiger partial charge in [0.05, 0.1) is 11.8 Å². The van der Waals surface area contributed by atoms with E-state index in [1.807, 2.05) is 31.2 Å². The summed E-state index contributed by atoms with van der Waals surface area (Å²) in [6, 6.07) is 15.9. The summed E-state index contributed by atoms with van der Waals surface area (Å²) in [5.74, 6) is -1.22. The van der Waals surface area contributed by atoms with Crippen LogP contribution in [0.3, 0.4) is 0 Å². The molecular formula is C25H28N2O5. The molecule has 0 heterocycles. The van der Waals surface area contributed by atoms with E-state index in [9.17, 15) is 14.4 Å². The maximum absolute atomic E-state index is 12.7. The van der Waals surface area contributed by atoms with E-state index in [-0.39, 0.29) is 37.4 Å². The van der Waals surface area contributed by atoms with E-state index in [4.69, 9.17) is 9.84 Å². The van der Waals surface area contributed by atoms with Crippen LogP contribution >= 0.6 is 0 Å². The van der Waals surface area contributed by atoms with E-state index in [1.54, 1.807) is 0 Å². The van der Waals surface area contributed by atoms with E-state index in [0.29, 0.717) is 12.8 Å². The zero-order valence-electron chi connectivity index (χ0n) is 18.1. The van der Waals surface area contributed by atoms with Crippen LogP contribution in [0.25, 0.3) is 11.1 Å². The average molecular weight is 437 g/mol. The summed E-state index contributed by atoms with van der Waals surface area (Å²) in [6.45, 7) is 2.10. The molecular weight excluding hydrogens is 408 g/mol. The second kappa shape index (κ2) is 9.02. The Kier molecular flexibility index (Phi) is 6.17. The number of benzene rings is 2. The van der Waals surface area contributed by atoms with Crippen molar-refractivity contribution in [3.05, 3.63) is 59.7 Å². The van der Waals surface area contributed by atoms with E-state index in [2.05, 4.69) is 34.9 Å². The minimum atomic E-state index is -0.963. The van der Waals surface area contributed by atoms with Crippen LogP contribution in [0.5, 0.6) is 0 Å². The molecule has 1 saturated carbocycles. The molecule has 7 nitrogen and oxygen atoms in total. The van der Waals surface area contributed by atoms with E-state index in [0.717, 1.165) is 17.5 Å². The molecule has 0 spiro atoms. The van der Waals surface area contributed by atoms with Gasteiger partial charge < -0.3 is 20.5 Å². The number of rotatable bonds is 7. The van der Waals surface area contributed by atoms with Crippen molar-refractivity contribution in [2.45, 2.75) is 44.6 Å².